The second-order valence-corrected chi connectivity index (χ2v) is 6.36. The smallest absolute Gasteiger partial charge is 0.0553 e. The second-order valence-electron chi connectivity index (χ2n) is 6.36. The van der Waals surface area contributed by atoms with Crippen LogP contribution < -0.4 is 0 Å². The fourth-order valence-corrected chi connectivity index (χ4v) is 2.14. The molecule has 0 saturated heterocycles. The summed E-state index contributed by atoms with van der Waals surface area (Å²) in [5.41, 5.74) is 0.467. The number of unbranched alkanes of at least 4 members (excludes halogenated alkanes) is 3. The van der Waals surface area contributed by atoms with Gasteiger partial charge in [-0.2, -0.15) is 0 Å². The van der Waals surface area contributed by atoms with E-state index in [9.17, 15) is 0 Å². The third-order valence-corrected chi connectivity index (χ3v) is 2.34. The summed E-state index contributed by atoms with van der Waals surface area (Å²) in [4.78, 5) is 4.69. The molecule has 1 nitrogen and oxygen atoms in total. The van der Waals surface area contributed by atoms with Crippen molar-refractivity contribution < 1.29 is 0 Å². The van der Waals surface area contributed by atoms with E-state index in [-0.39, 0.29) is 5.54 Å². The van der Waals surface area contributed by atoms with E-state index in [1.165, 1.54) is 19.3 Å². The first kappa shape index (κ1) is 14.7. The summed E-state index contributed by atoms with van der Waals surface area (Å²) in [6.45, 7) is 13.5. The Hall–Kier alpha value is -0.330. The van der Waals surface area contributed by atoms with Gasteiger partial charge in [-0.05, 0) is 44.7 Å². The Labute approximate surface area is 96.4 Å². The molecule has 0 atom stereocenters. The van der Waals surface area contributed by atoms with Gasteiger partial charge >= 0.3 is 0 Å². The van der Waals surface area contributed by atoms with Gasteiger partial charge in [0.05, 0.1) is 5.54 Å². The number of hydrogen-bond donors (Lipinski definition) is 0. The molecule has 0 radical (unpaired) electrons. The van der Waals surface area contributed by atoms with Crippen LogP contribution in [0, 0.1) is 5.41 Å². The van der Waals surface area contributed by atoms with Gasteiger partial charge in [-0.25, -0.2) is 0 Å². The minimum absolute atomic E-state index is 0.102. The summed E-state index contributed by atoms with van der Waals surface area (Å²) in [6.07, 6.45) is 8.31. The van der Waals surface area contributed by atoms with Crippen molar-refractivity contribution >= 4 is 6.21 Å². The average molecular weight is 211 g/mol. The zero-order valence-electron chi connectivity index (χ0n) is 11.6. The molecule has 90 valence electrons. The van der Waals surface area contributed by atoms with E-state index >= 15 is 0 Å². The van der Waals surface area contributed by atoms with Gasteiger partial charge in [0.25, 0.3) is 0 Å². The summed E-state index contributed by atoms with van der Waals surface area (Å²) in [6, 6.07) is 0. The van der Waals surface area contributed by atoms with Crippen molar-refractivity contribution in [1.29, 1.82) is 0 Å². The van der Waals surface area contributed by atoms with Crippen LogP contribution in [0.15, 0.2) is 4.99 Å². The predicted octanol–water partition coefficient (Wildman–Crippen LogP) is 4.85. The van der Waals surface area contributed by atoms with Crippen LogP contribution in [0.25, 0.3) is 0 Å². The van der Waals surface area contributed by atoms with Crippen molar-refractivity contribution in [3.05, 3.63) is 0 Å². The molecule has 0 aliphatic carbocycles. The zero-order chi connectivity index (χ0) is 11.9. The summed E-state index contributed by atoms with van der Waals surface area (Å²) >= 11 is 0. The Morgan fingerprint density at radius 1 is 1.00 bits per heavy atom. The number of hydrogen-bond acceptors (Lipinski definition) is 1. The Morgan fingerprint density at radius 3 is 2.07 bits per heavy atom. The molecular formula is C14H29N. The molecule has 1 heteroatoms. The lowest BCUT2D eigenvalue weighted by atomic mass is 9.82. The van der Waals surface area contributed by atoms with Crippen LogP contribution in [-0.2, 0) is 0 Å². The molecule has 0 N–H and O–H groups in total. The van der Waals surface area contributed by atoms with Crippen LogP contribution in [0.1, 0.15) is 73.6 Å². The Morgan fingerprint density at radius 2 is 1.60 bits per heavy atom. The molecule has 0 bridgehead atoms. The van der Waals surface area contributed by atoms with Crippen LogP contribution in [0.2, 0.25) is 0 Å². The molecule has 0 aliphatic heterocycles. The first-order valence-electron chi connectivity index (χ1n) is 6.30. The van der Waals surface area contributed by atoms with Crippen molar-refractivity contribution in [1.82, 2.24) is 0 Å². The van der Waals surface area contributed by atoms with Crippen molar-refractivity contribution in [3.8, 4) is 0 Å². The van der Waals surface area contributed by atoms with Crippen LogP contribution in [-0.4, -0.2) is 11.8 Å². The van der Waals surface area contributed by atoms with Gasteiger partial charge in [-0.3, -0.25) is 4.99 Å². The zero-order valence-corrected chi connectivity index (χ0v) is 11.6. The molecule has 15 heavy (non-hydrogen) atoms. The molecule has 0 heterocycles. The second kappa shape index (κ2) is 6.30. The lowest BCUT2D eigenvalue weighted by Crippen LogP contribution is -2.24. The Balaban J connectivity index is 3.91. The highest BCUT2D eigenvalue weighted by Crippen LogP contribution is 2.29. The molecule has 0 saturated carbocycles. The van der Waals surface area contributed by atoms with Gasteiger partial charge in [0.15, 0.2) is 0 Å². The van der Waals surface area contributed by atoms with E-state index in [1.54, 1.807) is 0 Å². The minimum atomic E-state index is 0.102. The fraction of sp³-hybridized carbons (Fsp3) is 0.929. The maximum absolute atomic E-state index is 4.69. The summed E-state index contributed by atoms with van der Waals surface area (Å²) in [5.74, 6) is 0. The third-order valence-electron chi connectivity index (χ3n) is 2.34. The van der Waals surface area contributed by atoms with Crippen molar-refractivity contribution in [3.63, 3.8) is 0 Å². The summed E-state index contributed by atoms with van der Waals surface area (Å²) in [7, 11) is 0. The van der Waals surface area contributed by atoms with Gasteiger partial charge in [0.2, 0.25) is 0 Å². The van der Waals surface area contributed by atoms with Crippen molar-refractivity contribution in [2.24, 2.45) is 10.4 Å². The molecule has 0 amide bonds. The van der Waals surface area contributed by atoms with E-state index in [4.69, 9.17) is 0 Å². The topological polar surface area (TPSA) is 12.4 Å². The maximum atomic E-state index is 4.69. The normalized spacial score (nSPS) is 13.7. The largest absolute Gasteiger partial charge is 0.291 e. The van der Waals surface area contributed by atoms with Gasteiger partial charge in [-0.15, -0.1) is 0 Å². The molecule has 0 unspecified atom stereocenters. The van der Waals surface area contributed by atoms with E-state index in [2.05, 4.69) is 52.7 Å². The first-order chi connectivity index (χ1) is 6.77. The quantitative estimate of drug-likeness (QED) is 0.440. The van der Waals surface area contributed by atoms with Gasteiger partial charge in [-0.1, -0.05) is 40.5 Å². The van der Waals surface area contributed by atoms with Crippen LogP contribution in [0.4, 0.5) is 0 Å². The highest BCUT2D eigenvalue weighted by Gasteiger charge is 2.23. The highest BCUT2D eigenvalue weighted by atomic mass is 14.8. The van der Waals surface area contributed by atoms with Gasteiger partial charge in [0, 0.05) is 0 Å². The molecule has 0 rings (SSSR count). The van der Waals surface area contributed by atoms with Crippen molar-refractivity contribution in [2.45, 2.75) is 79.2 Å². The van der Waals surface area contributed by atoms with E-state index in [0.717, 1.165) is 12.8 Å². The first-order valence-corrected chi connectivity index (χ1v) is 6.30. The SMILES string of the molecule is CCCCCC=NC(C)(C)CC(C)(C)C. The van der Waals surface area contributed by atoms with Crippen LogP contribution >= 0.6 is 0 Å². The predicted molar refractivity (Wildman–Crippen MR) is 70.8 cm³/mol. The third kappa shape index (κ3) is 9.96. The van der Waals surface area contributed by atoms with Crippen molar-refractivity contribution in [2.75, 3.05) is 0 Å². The van der Waals surface area contributed by atoms with E-state index in [1.807, 2.05) is 0 Å². The molecule has 0 aliphatic rings. The van der Waals surface area contributed by atoms with Crippen LogP contribution in [0.3, 0.4) is 0 Å². The molecule has 0 aromatic rings. The van der Waals surface area contributed by atoms with Gasteiger partial charge in [0.1, 0.15) is 0 Å². The standard InChI is InChI=1S/C14H29N/c1-7-8-9-10-11-15-14(5,6)12-13(2,3)4/h11H,7-10,12H2,1-6H3. The summed E-state index contributed by atoms with van der Waals surface area (Å²) < 4.78 is 0. The molecule has 0 spiro atoms. The Bertz CT molecular complexity index is 184. The minimum Gasteiger partial charge on any atom is -0.291 e. The maximum Gasteiger partial charge on any atom is 0.0553 e. The number of rotatable bonds is 6. The lowest BCUT2D eigenvalue weighted by Gasteiger charge is -2.29. The van der Waals surface area contributed by atoms with Gasteiger partial charge < -0.3 is 0 Å². The fourth-order valence-electron chi connectivity index (χ4n) is 2.14. The molecule has 0 aromatic heterocycles. The summed E-state index contributed by atoms with van der Waals surface area (Å²) in [5, 5.41) is 0. The van der Waals surface area contributed by atoms with E-state index in [0.29, 0.717) is 5.41 Å². The molecule has 0 aromatic carbocycles. The number of aliphatic imine (C=N–C) groups is 1. The average Bonchev–Trinajstić information content (AvgIpc) is 1.99. The number of nitrogens with zero attached hydrogens (tertiary/aromatic N) is 1. The highest BCUT2D eigenvalue weighted by molar-refractivity contribution is 5.57. The molecule has 0 fully saturated rings. The van der Waals surface area contributed by atoms with E-state index < -0.39 is 0 Å². The van der Waals surface area contributed by atoms with Crippen LogP contribution in [0.5, 0.6) is 0 Å². The lowest BCUT2D eigenvalue weighted by molar-refractivity contribution is 0.288. The molecular weight excluding hydrogens is 182 g/mol. The monoisotopic (exact) mass is 211 g/mol. The Kier molecular flexibility index (Phi) is 6.16.